The Balaban J connectivity index is 1.96. The lowest BCUT2D eigenvalue weighted by molar-refractivity contribution is -0.137. The molecular formula is C13H13F3N2S. The summed E-state index contributed by atoms with van der Waals surface area (Å²) in [6, 6.07) is 5.03. The van der Waals surface area contributed by atoms with Gasteiger partial charge in [0.2, 0.25) is 0 Å². The van der Waals surface area contributed by atoms with E-state index in [0.717, 1.165) is 22.6 Å². The Morgan fingerprint density at radius 3 is 2.37 bits per heavy atom. The Hall–Kier alpha value is -1.40. The minimum atomic E-state index is -4.29. The van der Waals surface area contributed by atoms with Gasteiger partial charge in [-0.15, -0.1) is 11.3 Å². The van der Waals surface area contributed by atoms with Gasteiger partial charge in [-0.3, -0.25) is 4.98 Å². The Kier molecular flexibility index (Phi) is 4.21. The first-order valence-corrected chi connectivity index (χ1v) is 6.62. The predicted octanol–water partition coefficient (Wildman–Crippen LogP) is 3.27. The second-order valence-electron chi connectivity index (χ2n) is 4.33. The van der Waals surface area contributed by atoms with Gasteiger partial charge in [-0.05, 0) is 30.5 Å². The van der Waals surface area contributed by atoms with Gasteiger partial charge in [0.1, 0.15) is 0 Å². The Labute approximate surface area is 113 Å². The van der Waals surface area contributed by atoms with Crippen molar-refractivity contribution in [3.8, 4) is 0 Å². The molecule has 0 aliphatic carbocycles. The third-order valence-electron chi connectivity index (χ3n) is 2.73. The van der Waals surface area contributed by atoms with Gasteiger partial charge in [-0.2, -0.15) is 13.2 Å². The molecule has 1 heterocycles. The highest BCUT2D eigenvalue weighted by Gasteiger charge is 2.29. The molecule has 1 atom stereocenters. The zero-order chi connectivity index (χ0) is 13.9. The molecule has 0 aliphatic heterocycles. The molecule has 19 heavy (non-hydrogen) atoms. The molecule has 6 heteroatoms. The van der Waals surface area contributed by atoms with Crippen LogP contribution in [0.25, 0.3) is 0 Å². The summed E-state index contributed by atoms with van der Waals surface area (Å²) in [6.45, 7) is 0. The lowest BCUT2D eigenvalue weighted by atomic mass is 10.0. The number of aromatic nitrogens is 1. The number of alkyl halides is 3. The molecule has 2 rings (SSSR count). The van der Waals surface area contributed by atoms with Crippen LogP contribution < -0.4 is 5.73 Å². The number of nitrogens with zero attached hydrogens (tertiary/aromatic N) is 1. The molecule has 102 valence electrons. The van der Waals surface area contributed by atoms with Gasteiger partial charge < -0.3 is 5.73 Å². The van der Waals surface area contributed by atoms with Gasteiger partial charge in [0.25, 0.3) is 0 Å². The summed E-state index contributed by atoms with van der Waals surface area (Å²) in [5.74, 6) is 0. The topological polar surface area (TPSA) is 38.9 Å². The fraction of sp³-hybridized carbons (Fsp3) is 0.308. The van der Waals surface area contributed by atoms with E-state index in [-0.39, 0.29) is 6.04 Å². The average molecular weight is 286 g/mol. The van der Waals surface area contributed by atoms with Crippen LogP contribution in [0.5, 0.6) is 0 Å². The number of hydrogen-bond donors (Lipinski definition) is 1. The van der Waals surface area contributed by atoms with E-state index in [1.807, 2.05) is 0 Å². The molecule has 0 saturated carbocycles. The Bertz CT molecular complexity index is 506. The summed E-state index contributed by atoms with van der Waals surface area (Å²) < 4.78 is 37.2. The fourth-order valence-electron chi connectivity index (χ4n) is 1.81. The lowest BCUT2D eigenvalue weighted by Gasteiger charge is -2.11. The van der Waals surface area contributed by atoms with Crippen molar-refractivity contribution in [2.45, 2.75) is 25.1 Å². The number of thiazole rings is 1. The van der Waals surface area contributed by atoms with E-state index in [4.69, 9.17) is 5.73 Å². The number of hydrogen-bond acceptors (Lipinski definition) is 3. The number of nitrogens with two attached hydrogens (primary N) is 1. The molecular weight excluding hydrogens is 273 g/mol. The second kappa shape index (κ2) is 5.71. The number of benzene rings is 1. The van der Waals surface area contributed by atoms with Gasteiger partial charge in [-0.25, -0.2) is 0 Å². The predicted molar refractivity (Wildman–Crippen MR) is 68.9 cm³/mol. The molecule has 0 spiro atoms. The quantitative estimate of drug-likeness (QED) is 0.937. The smallest absolute Gasteiger partial charge is 0.327 e. The third kappa shape index (κ3) is 4.04. The summed E-state index contributed by atoms with van der Waals surface area (Å²) in [5, 5.41) is 0. The van der Waals surface area contributed by atoms with E-state index < -0.39 is 11.7 Å². The molecule has 2 nitrogen and oxygen atoms in total. The van der Waals surface area contributed by atoms with Gasteiger partial charge in [-0.1, -0.05) is 12.1 Å². The van der Waals surface area contributed by atoms with Crippen LogP contribution in [0.1, 0.15) is 16.0 Å². The largest absolute Gasteiger partial charge is 0.416 e. The van der Waals surface area contributed by atoms with Crippen molar-refractivity contribution in [3.63, 3.8) is 0 Å². The van der Waals surface area contributed by atoms with E-state index in [2.05, 4.69) is 4.98 Å². The Morgan fingerprint density at radius 2 is 1.84 bits per heavy atom. The molecule has 1 aromatic heterocycles. The minimum Gasteiger partial charge on any atom is -0.327 e. The molecule has 2 aromatic rings. The van der Waals surface area contributed by atoms with E-state index in [0.29, 0.717) is 12.8 Å². The monoisotopic (exact) mass is 286 g/mol. The van der Waals surface area contributed by atoms with Gasteiger partial charge in [0.15, 0.2) is 0 Å². The lowest BCUT2D eigenvalue weighted by Crippen LogP contribution is -2.25. The van der Waals surface area contributed by atoms with Crippen molar-refractivity contribution in [2.24, 2.45) is 5.73 Å². The molecule has 0 fully saturated rings. The van der Waals surface area contributed by atoms with Crippen molar-refractivity contribution in [2.75, 3.05) is 0 Å². The average Bonchev–Trinajstić information content (AvgIpc) is 2.81. The van der Waals surface area contributed by atoms with Crippen molar-refractivity contribution < 1.29 is 13.2 Å². The molecule has 0 aliphatic rings. The maximum absolute atomic E-state index is 12.4. The van der Waals surface area contributed by atoms with Gasteiger partial charge >= 0.3 is 6.18 Å². The summed E-state index contributed by atoms with van der Waals surface area (Å²) in [4.78, 5) is 5.04. The highest BCUT2D eigenvalue weighted by atomic mass is 32.1. The number of halogens is 3. The van der Waals surface area contributed by atoms with Gasteiger partial charge in [0, 0.05) is 17.1 Å². The Morgan fingerprint density at radius 1 is 1.16 bits per heavy atom. The van der Waals surface area contributed by atoms with Crippen LogP contribution in [-0.4, -0.2) is 11.0 Å². The maximum Gasteiger partial charge on any atom is 0.416 e. The van der Waals surface area contributed by atoms with Crippen LogP contribution in [0, 0.1) is 0 Å². The standard InChI is InChI=1S/C13H13F3N2S/c14-13(15,16)10-3-1-9(2-4-10)5-11(17)6-12-7-18-8-19-12/h1-4,7-8,11H,5-6,17H2. The van der Waals surface area contributed by atoms with Crippen molar-refractivity contribution in [3.05, 3.63) is 52.0 Å². The SMILES string of the molecule is NC(Cc1ccc(C(F)(F)F)cc1)Cc1cncs1. The van der Waals surface area contributed by atoms with Crippen LogP contribution in [0.4, 0.5) is 13.2 Å². The van der Waals surface area contributed by atoms with E-state index in [1.54, 1.807) is 11.7 Å². The molecule has 0 bridgehead atoms. The van der Waals surface area contributed by atoms with Crippen LogP contribution in [-0.2, 0) is 19.0 Å². The molecule has 1 aromatic carbocycles. The normalized spacial score (nSPS) is 13.5. The molecule has 1 unspecified atom stereocenters. The van der Waals surface area contributed by atoms with Crippen LogP contribution in [0.15, 0.2) is 36.0 Å². The van der Waals surface area contributed by atoms with E-state index in [1.165, 1.54) is 23.5 Å². The second-order valence-corrected chi connectivity index (χ2v) is 5.30. The molecule has 2 N–H and O–H groups in total. The van der Waals surface area contributed by atoms with Crippen LogP contribution in [0.2, 0.25) is 0 Å². The van der Waals surface area contributed by atoms with Crippen LogP contribution in [0.3, 0.4) is 0 Å². The van der Waals surface area contributed by atoms with E-state index in [9.17, 15) is 13.2 Å². The fourth-order valence-corrected chi connectivity index (χ4v) is 2.50. The van der Waals surface area contributed by atoms with E-state index >= 15 is 0 Å². The van der Waals surface area contributed by atoms with Crippen molar-refractivity contribution in [1.29, 1.82) is 0 Å². The highest BCUT2D eigenvalue weighted by Crippen LogP contribution is 2.29. The van der Waals surface area contributed by atoms with Gasteiger partial charge in [0.05, 0.1) is 11.1 Å². The van der Waals surface area contributed by atoms with Crippen LogP contribution >= 0.6 is 11.3 Å². The summed E-state index contributed by atoms with van der Waals surface area (Å²) >= 11 is 1.53. The molecule has 0 saturated heterocycles. The minimum absolute atomic E-state index is 0.114. The molecule has 0 amide bonds. The third-order valence-corrected chi connectivity index (χ3v) is 3.53. The zero-order valence-corrected chi connectivity index (χ0v) is 10.8. The first-order valence-electron chi connectivity index (χ1n) is 5.74. The number of rotatable bonds is 4. The maximum atomic E-state index is 12.4. The van der Waals surface area contributed by atoms with Crippen molar-refractivity contribution >= 4 is 11.3 Å². The summed E-state index contributed by atoms with van der Waals surface area (Å²) in [7, 11) is 0. The van der Waals surface area contributed by atoms with Crippen molar-refractivity contribution in [1.82, 2.24) is 4.98 Å². The highest BCUT2D eigenvalue weighted by molar-refractivity contribution is 7.09. The zero-order valence-electron chi connectivity index (χ0n) is 10.0. The summed E-state index contributed by atoms with van der Waals surface area (Å²) in [5.41, 5.74) is 7.89. The molecule has 0 radical (unpaired) electrons. The first kappa shape index (κ1) is 14.0. The first-order chi connectivity index (χ1) is 8.95. The summed E-state index contributed by atoms with van der Waals surface area (Å²) in [6.07, 6.45) is -1.29.